The summed E-state index contributed by atoms with van der Waals surface area (Å²) in [5, 5.41) is 6.07. The second-order valence-corrected chi connectivity index (χ2v) is 5.62. The van der Waals surface area contributed by atoms with Crippen LogP contribution in [0, 0.1) is 26.7 Å². The van der Waals surface area contributed by atoms with Crippen LogP contribution in [0.5, 0.6) is 0 Å². The lowest BCUT2D eigenvalue weighted by atomic mass is 9.98. The second kappa shape index (κ2) is 5.75. The molecule has 1 aromatic carbocycles. The third-order valence-electron chi connectivity index (χ3n) is 3.81. The Bertz CT molecular complexity index is 540. The van der Waals surface area contributed by atoms with E-state index in [9.17, 15) is 4.79 Å². The normalized spacial score (nSPS) is 18.6. The Balaban J connectivity index is 2.34. The zero-order valence-electron chi connectivity index (χ0n) is 12.7. The summed E-state index contributed by atoms with van der Waals surface area (Å²) in [4.78, 5) is 12.6. The fourth-order valence-electron chi connectivity index (χ4n) is 2.92. The number of rotatable bonds is 4. The molecule has 0 radical (unpaired) electrons. The first kappa shape index (κ1) is 14.7. The first-order valence-corrected chi connectivity index (χ1v) is 7.12. The third-order valence-corrected chi connectivity index (χ3v) is 3.81. The smallest absolute Gasteiger partial charge is 0.256 e. The number of amides is 1. The molecule has 1 unspecified atom stereocenters. The van der Waals surface area contributed by atoms with Crippen molar-refractivity contribution in [3.05, 3.63) is 28.8 Å². The van der Waals surface area contributed by atoms with Crippen LogP contribution in [0.3, 0.4) is 0 Å². The SMILES string of the molecule is CC1=NN(c2c(C)cc(C)cc2C)C(=O)C1CCCN. The summed E-state index contributed by atoms with van der Waals surface area (Å²) < 4.78 is 0. The van der Waals surface area contributed by atoms with Crippen LogP contribution in [-0.2, 0) is 4.79 Å². The summed E-state index contributed by atoms with van der Waals surface area (Å²) in [5.74, 6) is -0.0374. The number of carbonyl (C=O) groups is 1. The van der Waals surface area contributed by atoms with E-state index in [-0.39, 0.29) is 11.8 Å². The Hall–Kier alpha value is -1.68. The minimum Gasteiger partial charge on any atom is -0.330 e. The van der Waals surface area contributed by atoms with Gasteiger partial charge in [0.15, 0.2) is 0 Å². The quantitative estimate of drug-likeness (QED) is 0.917. The van der Waals surface area contributed by atoms with Crippen molar-refractivity contribution >= 4 is 17.3 Å². The molecule has 20 heavy (non-hydrogen) atoms. The molecule has 1 aliphatic rings. The fraction of sp³-hybridized carbons (Fsp3) is 0.500. The molecule has 4 heteroatoms. The van der Waals surface area contributed by atoms with Gasteiger partial charge in [-0.15, -0.1) is 0 Å². The van der Waals surface area contributed by atoms with Crippen LogP contribution < -0.4 is 10.7 Å². The highest BCUT2D eigenvalue weighted by Crippen LogP contribution is 2.32. The summed E-state index contributed by atoms with van der Waals surface area (Å²) in [6.45, 7) is 8.66. The van der Waals surface area contributed by atoms with Gasteiger partial charge in [0.1, 0.15) is 0 Å². The van der Waals surface area contributed by atoms with Crippen molar-refractivity contribution in [3.8, 4) is 0 Å². The number of hydrogen-bond acceptors (Lipinski definition) is 3. The zero-order valence-corrected chi connectivity index (χ0v) is 12.7. The Morgan fingerprint density at radius 3 is 2.35 bits per heavy atom. The van der Waals surface area contributed by atoms with Gasteiger partial charge >= 0.3 is 0 Å². The van der Waals surface area contributed by atoms with Gasteiger partial charge in [0.05, 0.1) is 11.6 Å². The Kier molecular flexibility index (Phi) is 4.23. The second-order valence-electron chi connectivity index (χ2n) is 5.62. The largest absolute Gasteiger partial charge is 0.330 e. The van der Waals surface area contributed by atoms with Crippen molar-refractivity contribution in [3.63, 3.8) is 0 Å². The van der Waals surface area contributed by atoms with Crippen LogP contribution >= 0.6 is 0 Å². The van der Waals surface area contributed by atoms with Gasteiger partial charge in [-0.1, -0.05) is 17.7 Å². The Morgan fingerprint density at radius 2 is 1.80 bits per heavy atom. The van der Waals surface area contributed by atoms with Gasteiger partial charge in [0.2, 0.25) is 0 Å². The maximum absolute atomic E-state index is 12.6. The van der Waals surface area contributed by atoms with E-state index in [4.69, 9.17) is 5.73 Å². The minimum atomic E-state index is -0.112. The molecule has 1 aliphatic heterocycles. The first-order chi connectivity index (χ1) is 9.45. The van der Waals surface area contributed by atoms with E-state index in [1.165, 1.54) is 5.56 Å². The lowest BCUT2D eigenvalue weighted by molar-refractivity contribution is -0.119. The highest BCUT2D eigenvalue weighted by molar-refractivity contribution is 6.15. The Labute approximate surface area is 120 Å². The molecule has 4 nitrogen and oxygen atoms in total. The van der Waals surface area contributed by atoms with E-state index in [1.807, 2.05) is 20.8 Å². The maximum atomic E-state index is 12.6. The highest BCUT2D eigenvalue weighted by Gasteiger charge is 2.34. The van der Waals surface area contributed by atoms with Crippen molar-refractivity contribution in [1.82, 2.24) is 0 Å². The summed E-state index contributed by atoms with van der Waals surface area (Å²) in [5.41, 5.74) is 10.7. The number of nitrogens with zero attached hydrogens (tertiary/aromatic N) is 2. The number of aryl methyl sites for hydroxylation is 3. The zero-order chi connectivity index (χ0) is 14.9. The number of anilines is 1. The van der Waals surface area contributed by atoms with Crippen LogP contribution in [0.4, 0.5) is 5.69 Å². The van der Waals surface area contributed by atoms with E-state index in [2.05, 4.69) is 24.2 Å². The van der Waals surface area contributed by atoms with E-state index in [0.29, 0.717) is 6.54 Å². The number of carbonyl (C=O) groups excluding carboxylic acids is 1. The molecule has 2 N–H and O–H groups in total. The molecule has 0 saturated carbocycles. The molecule has 1 heterocycles. The fourth-order valence-corrected chi connectivity index (χ4v) is 2.92. The van der Waals surface area contributed by atoms with Crippen molar-refractivity contribution in [2.45, 2.75) is 40.5 Å². The van der Waals surface area contributed by atoms with Crippen LogP contribution in [0.1, 0.15) is 36.5 Å². The van der Waals surface area contributed by atoms with Gasteiger partial charge in [-0.25, -0.2) is 0 Å². The first-order valence-electron chi connectivity index (χ1n) is 7.12. The van der Waals surface area contributed by atoms with Gasteiger partial charge < -0.3 is 5.73 Å². The molecule has 108 valence electrons. The molecule has 0 spiro atoms. The van der Waals surface area contributed by atoms with Crippen molar-refractivity contribution in [1.29, 1.82) is 0 Å². The summed E-state index contributed by atoms with van der Waals surface area (Å²) in [6, 6.07) is 4.18. The Morgan fingerprint density at radius 1 is 1.20 bits per heavy atom. The average molecular weight is 273 g/mol. The van der Waals surface area contributed by atoms with Gasteiger partial charge in [0.25, 0.3) is 5.91 Å². The molecule has 0 aliphatic carbocycles. The minimum absolute atomic E-state index is 0.0750. The monoisotopic (exact) mass is 273 g/mol. The van der Waals surface area contributed by atoms with E-state index >= 15 is 0 Å². The molecule has 0 aromatic heterocycles. The summed E-state index contributed by atoms with van der Waals surface area (Å²) in [6.07, 6.45) is 1.63. The number of hydrogen-bond donors (Lipinski definition) is 1. The summed E-state index contributed by atoms with van der Waals surface area (Å²) in [7, 11) is 0. The third kappa shape index (κ3) is 2.61. The van der Waals surface area contributed by atoms with E-state index in [0.717, 1.165) is 35.4 Å². The van der Waals surface area contributed by atoms with Gasteiger partial charge in [-0.05, 0) is 58.2 Å². The van der Waals surface area contributed by atoms with Crippen molar-refractivity contribution in [2.24, 2.45) is 16.8 Å². The van der Waals surface area contributed by atoms with Gasteiger partial charge in [-0.2, -0.15) is 10.1 Å². The maximum Gasteiger partial charge on any atom is 0.256 e. The lowest BCUT2D eigenvalue weighted by Gasteiger charge is -2.19. The molecule has 1 amide bonds. The molecule has 0 saturated heterocycles. The van der Waals surface area contributed by atoms with Crippen LogP contribution in [0.2, 0.25) is 0 Å². The standard InChI is InChI=1S/C16H23N3O/c1-10-8-11(2)15(12(3)9-10)19-16(20)14(6-5-7-17)13(4)18-19/h8-9,14H,5-7,17H2,1-4H3. The number of hydrazone groups is 1. The van der Waals surface area contributed by atoms with Crippen LogP contribution in [-0.4, -0.2) is 18.2 Å². The van der Waals surface area contributed by atoms with Crippen LogP contribution in [0.25, 0.3) is 0 Å². The molecule has 0 bridgehead atoms. The average Bonchev–Trinajstić information content (AvgIpc) is 2.62. The molecule has 2 rings (SSSR count). The van der Waals surface area contributed by atoms with Gasteiger partial charge in [0, 0.05) is 5.71 Å². The molecule has 0 fully saturated rings. The van der Waals surface area contributed by atoms with Crippen molar-refractivity contribution < 1.29 is 4.79 Å². The molecule has 1 atom stereocenters. The highest BCUT2D eigenvalue weighted by atomic mass is 16.2. The molecule has 1 aromatic rings. The van der Waals surface area contributed by atoms with Gasteiger partial charge in [-0.3, -0.25) is 4.79 Å². The van der Waals surface area contributed by atoms with E-state index in [1.54, 1.807) is 5.01 Å². The molecular weight excluding hydrogens is 250 g/mol. The number of benzene rings is 1. The predicted octanol–water partition coefficient (Wildman–Crippen LogP) is 2.69. The lowest BCUT2D eigenvalue weighted by Crippen LogP contribution is -2.28. The van der Waals surface area contributed by atoms with E-state index < -0.39 is 0 Å². The molecular formula is C16H23N3O. The summed E-state index contributed by atoms with van der Waals surface area (Å²) >= 11 is 0. The van der Waals surface area contributed by atoms with Crippen LogP contribution in [0.15, 0.2) is 17.2 Å². The van der Waals surface area contributed by atoms with Crippen molar-refractivity contribution in [2.75, 3.05) is 11.6 Å². The predicted molar refractivity (Wildman–Crippen MR) is 83.0 cm³/mol. The topological polar surface area (TPSA) is 58.7 Å². The number of nitrogens with two attached hydrogens (primary N) is 1.